The second-order valence-corrected chi connectivity index (χ2v) is 2.94. The van der Waals surface area contributed by atoms with Gasteiger partial charge in [0.05, 0.1) is 6.04 Å². The molecule has 0 bridgehead atoms. The zero-order valence-electron chi connectivity index (χ0n) is 7.38. The van der Waals surface area contributed by atoms with Crippen molar-refractivity contribution >= 4 is 0 Å². The number of halogens is 3. The van der Waals surface area contributed by atoms with Crippen molar-refractivity contribution in [1.82, 2.24) is 5.43 Å². The van der Waals surface area contributed by atoms with Crippen molar-refractivity contribution < 1.29 is 13.2 Å². The zero-order valence-corrected chi connectivity index (χ0v) is 7.38. The SMILES string of the molecule is NNC(Cc1ccc(F)cc1)C(F)F. The van der Waals surface area contributed by atoms with Crippen molar-refractivity contribution in [3.8, 4) is 0 Å². The first kappa shape index (κ1) is 11.0. The van der Waals surface area contributed by atoms with Crippen LogP contribution in [0.3, 0.4) is 0 Å². The first-order valence-electron chi connectivity index (χ1n) is 4.12. The Balaban J connectivity index is 2.63. The molecule has 1 atom stereocenters. The molecule has 0 aliphatic heterocycles. The fraction of sp³-hybridized carbons (Fsp3) is 0.333. The van der Waals surface area contributed by atoms with Gasteiger partial charge in [0.2, 0.25) is 0 Å². The molecule has 0 saturated carbocycles. The molecule has 0 amide bonds. The Kier molecular flexibility index (Phi) is 3.91. The third-order valence-corrected chi connectivity index (χ3v) is 1.89. The quantitative estimate of drug-likeness (QED) is 0.575. The van der Waals surface area contributed by atoms with Crippen LogP contribution in [0.25, 0.3) is 0 Å². The number of alkyl halides is 2. The number of nitrogens with two attached hydrogens (primary N) is 1. The molecule has 78 valence electrons. The van der Waals surface area contributed by atoms with Crippen LogP contribution in [0.1, 0.15) is 5.56 Å². The van der Waals surface area contributed by atoms with Crippen LogP contribution in [0.5, 0.6) is 0 Å². The van der Waals surface area contributed by atoms with Gasteiger partial charge in [-0.2, -0.15) is 0 Å². The Morgan fingerprint density at radius 2 is 1.79 bits per heavy atom. The third-order valence-electron chi connectivity index (χ3n) is 1.89. The Hall–Kier alpha value is -1.07. The van der Waals surface area contributed by atoms with E-state index < -0.39 is 12.5 Å². The molecule has 0 aliphatic carbocycles. The molecule has 14 heavy (non-hydrogen) atoms. The van der Waals surface area contributed by atoms with Gasteiger partial charge in [0.15, 0.2) is 0 Å². The van der Waals surface area contributed by atoms with E-state index in [2.05, 4.69) is 0 Å². The highest BCUT2D eigenvalue weighted by Gasteiger charge is 2.18. The molecule has 0 heterocycles. The minimum absolute atomic E-state index is 0.0778. The lowest BCUT2D eigenvalue weighted by Gasteiger charge is -2.14. The molecule has 0 aliphatic rings. The molecular formula is C9H11F3N2. The molecule has 0 spiro atoms. The number of hydrazine groups is 1. The lowest BCUT2D eigenvalue weighted by Crippen LogP contribution is -2.42. The number of rotatable bonds is 4. The highest BCUT2D eigenvalue weighted by atomic mass is 19.3. The predicted molar refractivity (Wildman–Crippen MR) is 47.2 cm³/mol. The van der Waals surface area contributed by atoms with Gasteiger partial charge in [-0.1, -0.05) is 12.1 Å². The summed E-state index contributed by atoms with van der Waals surface area (Å²) in [6.07, 6.45) is -2.46. The van der Waals surface area contributed by atoms with Gasteiger partial charge in [0.25, 0.3) is 6.43 Å². The van der Waals surface area contributed by atoms with E-state index in [-0.39, 0.29) is 12.2 Å². The first-order chi connectivity index (χ1) is 6.63. The summed E-state index contributed by atoms with van der Waals surface area (Å²) in [5.41, 5.74) is 2.64. The zero-order chi connectivity index (χ0) is 10.6. The van der Waals surface area contributed by atoms with E-state index >= 15 is 0 Å². The Labute approximate surface area is 79.9 Å². The molecule has 3 N–H and O–H groups in total. The molecule has 1 aromatic rings. The molecule has 0 radical (unpaired) electrons. The van der Waals surface area contributed by atoms with Crippen molar-refractivity contribution in [3.63, 3.8) is 0 Å². The molecule has 2 nitrogen and oxygen atoms in total. The van der Waals surface area contributed by atoms with E-state index in [1.165, 1.54) is 24.3 Å². The molecular weight excluding hydrogens is 193 g/mol. The van der Waals surface area contributed by atoms with Gasteiger partial charge in [0, 0.05) is 0 Å². The lowest BCUT2D eigenvalue weighted by atomic mass is 10.1. The van der Waals surface area contributed by atoms with E-state index in [0.717, 1.165) is 0 Å². The summed E-state index contributed by atoms with van der Waals surface area (Å²) >= 11 is 0. The van der Waals surface area contributed by atoms with Crippen LogP contribution < -0.4 is 11.3 Å². The van der Waals surface area contributed by atoms with Crippen LogP contribution in [0.4, 0.5) is 13.2 Å². The van der Waals surface area contributed by atoms with E-state index in [9.17, 15) is 13.2 Å². The van der Waals surface area contributed by atoms with E-state index in [1.807, 2.05) is 5.43 Å². The average molecular weight is 204 g/mol. The van der Waals surface area contributed by atoms with Crippen LogP contribution in [0, 0.1) is 5.82 Å². The summed E-state index contributed by atoms with van der Waals surface area (Å²) < 4.78 is 37.0. The van der Waals surface area contributed by atoms with Crippen LogP contribution in [0.2, 0.25) is 0 Å². The molecule has 0 saturated heterocycles. The van der Waals surface area contributed by atoms with Crippen molar-refractivity contribution in [3.05, 3.63) is 35.6 Å². The van der Waals surface area contributed by atoms with Crippen LogP contribution in [0.15, 0.2) is 24.3 Å². The summed E-state index contributed by atoms with van der Waals surface area (Å²) in [6, 6.07) is 4.29. The molecule has 1 unspecified atom stereocenters. The van der Waals surface area contributed by atoms with Gasteiger partial charge in [0.1, 0.15) is 5.82 Å². The predicted octanol–water partition coefficient (Wildman–Crippen LogP) is 1.47. The fourth-order valence-corrected chi connectivity index (χ4v) is 1.10. The minimum Gasteiger partial charge on any atom is -0.271 e. The topological polar surface area (TPSA) is 38.0 Å². The molecule has 1 rings (SSSR count). The third kappa shape index (κ3) is 3.01. The van der Waals surface area contributed by atoms with E-state index in [0.29, 0.717) is 5.56 Å². The summed E-state index contributed by atoms with van der Waals surface area (Å²) in [4.78, 5) is 0. The highest BCUT2D eigenvalue weighted by molar-refractivity contribution is 5.17. The fourth-order valence-electron chi connectivity index (χ4n) is 1.10. The van der Waals surface area contributed by atoms with Gasteiger partial charge < -0.3 is 0 Å². The molecule has 1 aromatic carbocycles. The van der Waals surface area contributed by atoms with Gasteiger partial charge in [-0.25, -0.2) is 13.2 Å². The Bertz CT molecular complexity index is 274. The number of hydrogen-bond donors (Lipinski definition) is 2. The lowest BCUT2D eigenvalue weighted by molar-refractivity contribution is 0.0984. The number of hydrogen-bond acceptors (Lipinski definition) is 2. The standard InChI is InChI=1S/C9H11F3N2/c10-7-3-1-6(2-4-7)5-8(14-13)9(11)12/h1-4,8-9,14H,5,13H2. The van der Waals surface area contributed by atoms with Crippen LogP contribution in [-0.2, 0) is 6.42 Å². The van der Waals surface area contributed by atoms with Gasteiger partial charge in [-0.15, -0.1) is 0 Å². The van der Waals surface area contributed by atoms with Gasteiger partial charge in [-0.05, 0) is 24.1 Å². The largest absolute Gasteiger partial charge is 0.271 e. The summed E-state index contributed by atoms with van der Waals surface area (Å²) in [5.74, 6) is 4.56. The maximum atomic E-state index is 12.5. The van der Waals surface area contributed by atoms with Crippen molar-refractivity contribution in [2.75, 3.05) is 0 Å². The van der Waals surface area contributed by atoms with Crippen LogP contribution >= 0.6 is 0 Å². The first-order valence-corrected chi connectivity index (χ1v) is 4.12. The molecule has 0 fully saturated rings. The second kappa shape index (κ2) is 4.97. The van der Waals surface area contributed by atoms with Crippen molar-refractivity contribution in [1.29, 1.82) is 0 Å². The maximum absolute atomic E-state index is 12.5. The normalized spacial score (nSPS) is 13.2. The Morgan fingerprint density at radius 3 is 2.21 bits per heavy atom. The summed E-state index contributed by atoms with van der Waals surface area (Å²) in [6.45, 7) is 0. The minimum atomic E-state index is -2.54. The molecule has 0 aromatic heterocycles. The molecule has 5 heteroatoms. The Morgan fingerprint density at radius 1 is 1.21 bits per heavy atom. The van der Waals surface area contributed by atoms with Crippen molar-refractivity contribution in [2.24, 2.45) is 5.84 Å². The summed E-state index contributed by atoms with van der Waals surface area (Å²) in [5, 5.41) is 0. The second-order valence-electron chi connectivity index (χ2n) is 2.94. The average Bonchev–Trinajstić information content (AvgIpc) is 2.16. The maximum Gasteiger partial charge on any atom is 0.255 e. The van der Waals surface area contributed by atoms with Gasteiger partial charge in [-0.3, -0.25) is 11.3 Å². The number of nitrogens with one attached hydrogen (secondary N) is 1. The van der Waals surface area contributed by atoms with Crippen LogP contribution in [-0.4, -0.2) is 12.5 Å². The highest BCUT2D eigenvalue weighted by Crippen LogP contribution is 2.09. The monoisotopic (exact) mass is 204 g/mol. The van der Waals surface area contributed by atoms with E-state index in [1.54, 1.807) is 0 Å². The van der Waals surface area contributed by atoms with Crippen molar-refractivity contribution in [2.45, 2.75) is 18.9 Å². The number of benzene rings is 1. The van der Waals surface area contributed by atoms with E-state index in [4.69, 9.17) is 5.84 Å². The summed E-state index contributed by atoms with van der Waals surface area (Å²) in [7, 11) is 0. The van der Waals surface area contributed by atoms with Gasteiger partial charge >= 0.3 is 0 Å². The smallest absolute Gasteiger partial charge is 0.255 e.